The van der Waals surface area contributed by atoms with Gasteiger partial charge in [0.2, 0.25) is 0 Å². The van der Waals surface area contributed by atoms with Crippen LogP contribution in [-0.4, -0.2) is 11.1 Å². The van der Waals surface area contributed by atoms with E-state index < -0.39 is 5.97 Å². The quantitative estimate of drug-likeness (QED) is 0.720. The van der Waals surface area contributed by atoms with E-state index in [1.165, 1.54) is 23.1 Å². The highest BCUT2D eigenvalue weighted by Crippen LogP contribution is 2.28. The lowest BCUT2D eigenvalue weighted by atomic mass is 10.1. The van der Waals surface area contributed by atoms with Crippen LogP contribution in [0.2, 0.25) is 0 Å². The van der Waals surface area contributed by atoms with E-state index in [1.54, 1.807) is 11.8 Å². The van der Waals surface area contributed by atoms with Crippen LogP contribution in [0.15, 0.2) is 64.1 Å². The van der Waals surface area contributed by atoms with Gasteiger partial charge in [-0.1, -0.05) is 30.3 Å². The third-order valence-electron chi connectivity index (χ3n) is 3.07. The number of carboxylic acid groups (broad SMARTS) is 1. The van der Waals surface area contributed by atoms with Gasteiger partial charge < -0.3 is 9.52 Å². The van der Waals surface area contributed by atoms with E-state index in [0.29, 0.717) is 11.5 Å². The molecule has 2 aromatic carbocycles. The van der Waals surface area contributed by atoms with Crippen molar-refractivity contribution < 1.29 is 14.3 Å². The zero-order chi connectivity index (χ0) is 13.9. The van der Waals surface area contributed by atoms with Gasteiger partial charge in [-0.05, 0) is 29.0 Å². The summed E-state index contributed by atoms with van der Waals surface area (Å²) in [6, 6.07) is 15.8. The maximum absolute atomic E-state index is 11.0. The number of rotatable bonds is 4. The van der Waals surface area contributed by atoms with Crippen molar-refractivity contribution in [2.45, 2.75) is 10.6 Å². The number of aromatic carboxylic acids is 1. The summed E-state index contributed by atoms with van der Waals surface area (Å²) in [6.07, 6.45) is 1.42. The van der Waals surface area contributed by atoms with Crippen LogP contribution in [0, 0.1) is 0 Å². The first-order valence-electron chi connectivity index (χ1n) is 6.15. The molecule has 0 saturated heterocycles. The van der Waals surface area contributed by atoms with Crippen LogP contribution in [-0.2, 0) is 5.75 Å². The Morgan fingerprint density at radius 2 is 1.90 bits per heavy atom. The number of carboxylic acids is 1. The Kier molecular flexibility index (Phi) is 3.48. The number of fused-ring (bicyclic) bond motifs is 1. The minimum Gasteiger partial charge on any atom is -0.478 e. The predicted octanol–water partition coefficient (Wildman–Crippen LogP) is 4.42. The Balaban J connectivity index is 1.79. The van der Waals surface area contributed by atoms with Crippen molar-refractivity contribution in [3.05, 3.63) is 66.1 Å². The van der Waals surface area contributed by atoms with E-state index >= 15 is 0 Å². The molecule has 20 heavy (non-hydrogen) atoms. The molecule has 1 heterocycles. The normalized spacial score (nSPS) is 10.8. The molecule has 3 nitrogen and oxygen atoms in total. The van der Waals surface area contributed by atoms with E-state index in [2.05, 4.69) is 24.3 Å². The summed E-state index contributed by atoms with van der Waals surface area (Å²) in [5.41, 5.74) is 0.235. The molecule has 1 N–H and O–H groups in total. The van der Waals surface area contributed by atoms with E-state index in [-0.39, 0.29) is 5.56 Å². The van der Waals surface area contributed by atoms with Gasteiger partial charge in [0.05, 0.1) is 12.0 Å². The fourth-order valence-electron chi connectivity index (χ4n) is 2.05. The second-order valence-electron chi connectivity index (χ2n) is 4.36. The summed E-state index contributed by atoms with van der Waals surface area (Å²) in [7, 11) is 0. The Morgan fingerprint density at radius 1 is 1.10 bits per heavy atom. The van der Waals surface area contributed by atoms with Crippen LogP contribution < -0.4 is 0 Å². The highest BCUT2D eigenvalue weighted by molar-refractivity contribution is 7.98. The highest BCUT2D eigenvalue weighted by atomic mass is 32.2. The highest BCUT2D eigenvalue weighted by Gasteiger charge is 2.13. The number of hydrogen-bond donors (Lipinski definition) is 1. The average Bonchev–Trinajstić information content (AvgIpc) is 2.93. The second-order valence-corrected chi connectivity index (χ2v) is 5.41. The van der Waals surface area contributed by atoms with Crippen LogP contribution in [0.25, 0.3) is 10.8 Å². The van der Waals surface area contributed by atoms with Gasteiger partial charge in [-0.25, -0.2) is 4.79 Å². The number of furan rings is 1. The minimum absolute atomic E-state index is 0.235. The Bertz CT molecular complexity index is 761. The van der Waals surface area contributed by atoms with Crippen LogP contribution >= 0.6 is 11.8 Å². The van der Waals surface area contributed by atoms with E-state index in [1.807, 2.05) is 18.2 Å². The zero-order valence-corrected chi connectivity index (χ0v) is 11.4. The monoisotopic (exact) mass is 284 g/mol. The van der Waals surface area contributed by atoms with Gasteiger partial charge in [0.1, 0.15) is 11.3 Å². The van der Waals surface area contributed by atoms with Gasteiger partial charge in [-0.2, -0.15) is 0 Å². The number of carbonyl (C=O) groups is 1. The lowest BCUT2D eigenvalue weighted by Crippen LogP contribution is -1.97. The maximum atomic E-state index is 11.0. The predicted molar refractivity (Wildman–Crippen MR) is 79.2 cm³/mol. The third-order valence-corrected chi connectivity index (χ3v) is 4.06. The van der Waals surface area contributed by atoms with Crippen LogP contribution in [0.5, 0.6) is 0 Å². The topological polar surface area (TPSA) is 50.4 Å². The van der Waals surface area contributed by atoms with Gasteiger partial charge >= 0.3 is 5.97 Å². The van der Waals surface area contributed by atoms with Crippen molar-refractivity contribution in [1.82, 2.24) is 0 Å². The van der Waals surface area contributed by atoms with Crippen molar-refractivity contribution in [2.24, 2.45) is 0 Å². The molecule has 0 unspecified atom stereocenters. The minimum atomic E-state index is -0.951. The van der Waals surface area contributed by atoms with Gasteiger partial charge in [0, 0.05) is 4.90 Å². The SMILES string of the molecule is O=C(O)c1ccoc1CSc1ccc2ccccc2c1. The molecule has 0 amide bonds. The lowest BCUT2D eigenvalue weighted by molar-refractivity contribution is 0.0695. The molecule has 0 radical (unpaired) electrons. The van der Waals surface area contributed by atoms with E-state index in [9.17, 15) is 4.79 Å². The Labute approximate surface area is 120 Å². The summed E-state index contributed by atoms with van der Waals surface area (Å²) in [6.45, 7) is 0. The molecule has 4 heteroatoms. The van der Waals surface area contributed by atoms with Gasteiger partial charge in [0.15, 0.2) is 0 Å². The molecule has 1 aromatic heterocycles. The Morgan fingerprint density at radius 3 is 2.70 bits per heavy atom. The average molecular weight is 284 g/mol. The van der Waals surface area contributed by atoms with Crippen LogP contribution in [0.4, 0.5) is 0 Å². The molecule has 0 atom stereocenters. The molecule has 3 rings (SSSR count). The maximum Gasteiger partial charge on any atom is 0.339 e. The van der Waals surface area contributed by atoms with Gasteiger partial charge in [-0.3, -0.25) is 0 Å². The van der Waals surface area contributed by atoms with Crippen molar-refractivity contribution in [3.8, 4) is 0 Å². The first-order chi connectivity index (χ1) is 9.74. The number of benzene rings is 2. The molecule has 3 aromatic rings. The fourth-order valence-corrected chi connectivity index (χ4v) is 2.94. The van der Waals surface area contributed by atoms with E-state index in [0.717, 1.165) is 4.90 Å². The summed E-state index contributed by atoms with van der Waals surface area (Å²) >= 11 is 1.57. The second kappa shape index (κ2) is 5.43. The largest absolute Gasteiger partial charge is 0.478 e. The number of thioether (sulfide) groups is 1. The van der Waals surface area contributed by atoms with Crippen molar-refractivity contribution in [3.63, 3.8) is 0 Å². The molecule has 0 fully saturated rings. The molecule has 0 spiro atoms. The van der Waals surface area contributed by atoms with Gasteiger partial charge in [-0.15, -0.1) is 11.8 Å². The molecule has 0 saturated carbocycles. The Hall–Kier alpha value is -2.20. The first kappa shape index (κ1) is 12.8. The lowest BCUT2D eigenvalue weighted by Gasteiger charge is -2.03. The third kappa shape index (κ3) is 2.56. The molecule has 0 aliphatic heterocycles. The molecule has 0 aliphatic rings. The fraction of sp³-hybridized carbons (Fsp3) is 0.0625. The zero-order valence-electron chi connectivity index (χ0n) is 10.6. The molecule has 0 bridgehead atoms. The smallest absolute Gasteiger partial charge is 0.339 e. The van der Waals surface area contributed by atoms with Gasteiger partial charge in [0.25, 0.3) is 0 Å². The summed E-state index contributed by atoms with van der Waals surface area (Å²) in [5, 5.41) is 11.4. The molecule has 0 aliphatic carbocycles. The summed E-state index contributed by atoms with van der Waals surface area (Å²) < 4.78 is 5.23. The van der Waals surface area contributed by atoms with Crippen molar-refractivity contribution in [1.29, 1.82) is 0 Å². The van der Waals surface area contributed by atoms with E-state index in [4.69, 9.17) is 9.52 Å². The van der Waals surface area contributed by atoms with Crippen molar-refractivity contribution >= 4 is 28.5 Å². The van der Waals surface area contributed by atoms with Crippen LogP contribution in [0.3, 0.4) is 0 Å². The van der Waals surface area contributed by atoms with Crippen molar-refractivity contribution in [2.75, 3.05) is 0 Å². The van der Waals surface area contributed by atoms with Crippen LogP contribution in [0.1, 0.15) is 16.1 Å². The first-order valence-corrected chi connectivity index (χ1v) is 7.14. The molecular formula is C16H12O3S. The summed E-state index contributed by atoms with van der Waals surface area (Å²) in [5.74, 6) is 0.0518. The number of hydrogen-bond acceptors (Lipinski definition) is 3. The summed E-state index contributed by atoms with van der Waals surface area (Å²) in [4.78, 5) is 12.1. The molecular weight excluding hydrogens is 272 g/mol. The molecule has 100 valence electrons. The standard InChI is InChI=1S/C16H12O3S/c17-16(18)14-7-8-19-15(14)10-20-13-6-5-11-3-1-2-4-12(11)9-13/h1-9H,10H2,(H,17,18).